The molecule has 0 atom stereocenters. The molecule has 3 aromatic rings. The van der Waals surface area contributed by atoms with Crippen molar-refractivity contribution in [1.82, 2.24) is 9.88 Å². The van der Waals surface area contributed by atoms with E-state index in [-0.39, 0.29) is 5.56 Å². The number of benzene rings is 1. The van der Waals surface area contributed by atoms with Crippen molar-refractivity contribution >= 4 is 44.3 Å². The maximum atomic E-state index is 13.5. The summed E-state index contributed by atoms with van der Waals surface area (Å²) in [6.45, 7) is 11.6. The minimum Gasteiger partial charge on any atom is -0.383 e. The van der Waals surface area contributed by atoms with Crippen LogP contribution in [0, 0.1) is 6.92 Å². The van der Waals surface area contributed by atoms with Crippen molar-refractivity contribution in [3.8, 4) is 0 Å². The van der Waals surface area contributed by atoms with E-state index < -0.39 is 0 Å². The van der Waals surface area contributed by atoms with E-state index in [9.17, 15) is 4.79 Å². The normalized spacial score (nSPS) is 15.4. The lowest BCUT2D eigenvalue weighted by Crippen LogP contribution is -2.44. The Morgan fingerprint density at radius 3 is 2.69 bits per heavy atom. The van der Waals surface area contributed by atoms with Gasteiger partial charge in [-0.3, -0.25) is 4.79 Å². The van der Waals surface area contributed by atoms with Crippen LogP contribution in [0.3, 0.4) is 0 Å². The first-order chi connectivity index (χ1) is 16.9. The van der Waals surface area contributed by atoms with Gasteiger partial charge in [-0.1, -0.05) is 13.0 Å². The van der Waals surface area contributed by atoms with Crippen LogP contribution in [0.4, 0.5) is 17.1 Å². The predicted molar refractivity (Wildman–Crippen MR) is 150 cm³/mol. The SMILES string of the molecule is CCC(C)=C(Nc1cc(N2CCN(C)CC2)ccc1C)c1c(NCCOC)c2ccsc2[nH]c1=O. The summed E-state index contributed by atoms with van der Waals surface area (Å²) in [6, 6.07) is 8.65. The molecule has 0 amide bonds. The van der Waals surface area contributed by atoms with Gasteiger partial charge in [0.05, 0.1) is 23.6 Å². The largest absolute Gasteiger partial charge is 0.383 e. The zero-order valence-corrected chi connectivity index (χ0v) is 22.3. The van der Waals surface area contributed by atoms with E-state index in [1.165, 1.54) is 5.69 Å². The molecule has 35 heavy (non-hydrogen) atoms. The zero-order valence-electron chi connectivity index (χ0n) is 21.5. The number of fused-ring (bicyclic) bond motifs is 1. The van der Waals surface area contributed by atoms with Crippen molar-refractivity contribution in [1.29, 1.82) is 0 Å². The summed E-state index contributed by atoms with van der Waals surface area (Å²) in [7, 11) is 3.86. The summed E-state index contributed by atoms with van der Waals surface area (Å²) in [5.41, 5.74) is 6.78. The number of thiophene rings is 1. The molecule has 3 N–H and O–H groups in total. The van der Waals surface area contributed by atoms with Crippen molar-refractivity contribution in [2.45, 2.75) is 27.2 Å². The highest BCUT2D eigenvalue weighted by atomic mass is 32.1. The second-order valence-corrected chi connectivity index (χ2v) is 10.1. The van der Waals surface area contributed by atoms with E-state index in [0.29, 0.717) is 18.7 Å². The number of rotatable bonds is 9. The fraction of sp³-hybridized carbons (Fsp3) is 0.444. The number of hydrogen-bond donors (Lipinski definition) is 3. The first kappa shape index (κ1) is 25.3. The van der Waals surface area contributed by atoms with Gasteiger partial charge in [-0.2, -0.15) is 0 Å². The van der Waals surface area contributed by atoms with E-state index in [1.807, 2.05) is 5.38 Å². The number of aromatic nitrogens is 1. The third-order valence-corrected chi connectivity index (χ3v) is 7.63. The smallest absolute Gasteiger partial charge is 0.260 e. The Labute approximate surface area is 211 Å². The molecule has 3 heterocycles. The molecule has 0 aliphatic carbocycles. The van der Waals surface area contributed by atoms with Crippen LogP contribution in [-0.4, -0.2) is 63.4 Å². The van der Waals surface area contributed by atoms with Gasteiger partial charge in [0.15, 0.2) is 0 Å². The number of aromatic amines is 1. The number of piperazine rings is 1. The number of hydrogen-bond acceptors (Lipinski definition) is 7. The van der Waals surface area contributed by atoms with Gasteiger partial charge < -0.3 is 30.2 Å². The number of aryl methyl sites for hydroxylation is 1. The van der Waals surface area contributed by atoms with Crippen LogP contribution in [0.15, 0.2) is 40.0 Å². The monoisotopic (exact) mass is 495 g/mol. The molecule has 4 rings (SSSR count). The van der Waals surface area contributed by atoms with Crippen LogP contribution in [0.5, 0.6) is 0 Å². The van der Waals surface area contributed by atoms with Crippen LogP contribution < -0.4 is 21.1 Å². The number of nitrogens with one attached hydrogen (secondary N) is 3. The topological polar surface area (TPSA) is 72.6 Å². The molecule has 1 fully saturated rings. The van der Waals surface area contributed by atoms with Gasteiger partial charge in [0, 0.05) is 56.6 Å². The molecule has 8 heteroatoms. The van der Waals surface area contributed by atoms with Crippen molar-refractivity contribution in [3.05, 3.63) is 56.7 Å². The van der Waals surface area contributed by atoms with Crippen LogP contribution in [0.1, 0.15) is 31.4 Å². The highest BCUT2D eigenvalue weighted by Crippen LogP contribution is 2.35. The van der Waals surface area contributed by atoms with Gasteiger partial charge in [-0.25, -0.2) is 0 Å². The quantitative estimate of drug-likeness (QED) is 0.365. The number of nitrogens with zero attached hydrogens (tertiary/aromatic N) is 2. The Bertz CT molecular complexity index is 1250. The molecule has 7 nitrogen and oxygen atoms in total. The van der Waals surface area contributed by atoms with Gasteiger partial charge in [-0.15, -0.1) is 11.3 Å². The third kappa shape index (κ3) is 5.55. The number of pyridine rings is 1. The first-order valence-electron chi connectivity index (χ1n) is 12.3. The Balaban J connectivity index is 1.77. The first-order valence-corrected chi connectivity index (χ1v) is 13.2. The Hall–Kier alpha value is -2.81. The van der Waals surface area contributed by atoms with E-state index in [2.05, 4.69) is 77.5 Å². The van der Waals surface area contributed by atoms with Crippen LogP contribution in [0.2, 0.25) is 0 Å². The lowest BCUT2D eigenvalue weighted by atomic mass is 10.0. The lowest BCUT2D eigenvalue weighted by molar-refractivity contribution is 0.211. The lowest BCUT2D eigenvalue weighted by Gasteiger charge is -2.34. The molecule has 1 saturated heterocycles. The van der Waals surface area contributed by atoms with E-state index in [1.54, 1.807) is 18.4 Å². The number of likely N-dealkylation sites (N-methyl/N-ethyl adjacent to an activating group) is 1. The van der Waals surface area contributed by atoms with E-state index in [4.69, 9.17) is 4.74 Å². The standard InChI is InChI=1S/C27H37N5O2S/c1-6-18(2)24(23-25(28-10-15-34-5)21-9-16-35-27(21)30-26(23)33)29-22-17-20(8-7-19(22)3)32-13-11-31(4)12-14-32/h7-9,16-17,29H,6,10-15H2,1-5H3,(H2,28,30,33). The molecule has 2 aromatic heterocycles. The summed E-state index contributed by atoms with van der Waals surface area (Å²) in [5.74, 6) is 0. The second kappa shape index (κ2) is 11.3. The Morgan fingerprint density at radius 1 is 1.20 bits per heavy atom. The fourth-order valence-corrected chi connectivity index (χ4v) is 5.21. The van der Waals surface area contributed by atoms with Gasteiger partial charge in [-0.05, 0) is 62.0 Å². The molecular weight excluding hydrogens is 458 g/mol. The van der Waals surface area contributed by atoms with Gasteiger partial charge in [0.25, 0.3) is 5.56 Å². The molecule has 1 aliphatic heterocycles. The Morgan fingerprint density at radius 2 is 1.97 bits per heavy atom. The Kier molecular flexibility index (Phi) is 8.15. The van der Waals surface area contributed by atoms with Crippen molar-refractivity contribution < 1.29 is 4.74 Å². The second-order valence-electron chi connectivity index (χ2n) is 9.21. The molecule has 1 aromatic carbocycles. The van der Waals surface area contributed by atoms with E-state index in [0.717, 1.165) is 71.0 Å². The zero-order chi connectivity index (χ0) is 24.9. The van der Waals surface area contributed by atoms with Gasteiger partial charge in [0.1, 0.15) is 4.83 Å². The maximum absolute atomic E-state index is 13.5. The van der Waals surface area contributed by atoms with Gasteiger partial charge in [0.2, 0.25) is 0 Å². The fourth-order valence-electron chi connectivity index (χ4n) is 4.42. The average Bonchev–Trinajstić information content (AvgIpc) is 3.32. The van der Waals surface area contributed by atoms with E-state index >= 15 is 0 Å². The highest BCUT2D eigenvalue weighted by Gasteiger charge is 2.21. The van der Waals surface area contributed by atoms with Crippen molar-refractivity contribution in [2.75, 3.05) is 69.0 Å². The summed E-state index contributed by atoms with van der Waals surface area (Å²) in [5, 5.41) is 10.2. The number of anilines is 3. The van der Waals surface area contributed by atoms with Crippen LogP contribution in [-0.2, 0) is 4.74 Å². The molecule has 0 bridgehead atoms. The number of H-pyrrole nitrogens is 1. The van der Waals surface area contributed by atoms with Crippen LogP contribution >= 0.6 is 11.3 Å². The number of allylic oxidation sites excluding steroid dienone is 1. The molecule has 1 aliphatic rings. The maximum Gasteiger partial charge on any atom is 0.260 e. The van der Waals surface area contributed by atoms with Gasteiger partial charge >= 0.3 is 0 Å². The summed E-state index contributed by atoms with van der Waals surface area (Å²) in [6.07, 6.45) is 0.832. The predicted octanol–water partition coefficient (Wildman–Crippen LogP) is 4.96. The number of methoxy groups -OCH3 is 1. The third-order valence-electron chi connectivity index (χ3n) is 6.80. The number of ether oxygens (including phenoxy) is 1. The minimum atomic E-state index is -0.0944. The minimum absolute atomic E-state index is 0.0944. The molecule has 0 radical (unpaired) electrons. The van der Waals surface area contributed by atoms with Crippen LogP contribution in [0.25, 0.3) is 15.9 Å². The molecule has 0 spiro atoms. The summed E-state index contributed by atoms with van der Waals surface area (Å²) < 4.78 is 5.26. The molecule has 188 valence electrons. The molecular formula is C27H37N5O2S. The summed E-state index contributed by atoms with van der Waals surface area (Å²) in [4.78, 5) is 22.2. The average molecular weight is 496 g/mol. The van der Waals surface area contributed by atoms with Crippen molar-refractivity contribution in [2.24, 2.45) is 0 Å². The highest BCUT2D eigenvalue weighted by molar-refractivity contribution is 7.16. The van der Waals surface area contributed by atoms with Crippen molar-refractivity contribution in [3.63, 3.8) is 0 Å². The summed E-state index contributed by atoms with van der Waals surface area (Å²) >= 11 is 1.54. The molecule has 0 unspecified atom stereocenters. The molecule has 0 saturated carbocycles.